The largest absolute Gasteiger partial charge is 0.383 e. The van der Waals surface area contributed by atoms with Gasteiger partial charge in [0.25, 0.3) is 5.91 Å². The van der Waals surface area contributed by atoms with Gasteiger partial charge in [0.1, 0.15) is 5.01 Å². The summed E-state index contributed by atoms with van der Waals surface area (Å²) in [6.45, 7) is 10.5. The van der Waals surface area contributed by atoms with Crippen molar-refractivity contribution in [3.8, 4) is 22.0 Å². The van der Waals surface area contributed by atoms with Gasteiger partial charge < -0.3 is 14.6 Å². The molecule has 6 nitrogen and oxygen atoms in total. The molecule has 0 bridgehead atoms. The molecule has 0 spiro atoms. The molecule has 0 fully saturated rings. The summed E-state index contributed by atoms with van der Waals surface area (Å²) in [5.74, 6) is 0.510. The number of methoxy groups -OCH3 is 1. The van der Waals surface area contributed by atoms with Crippen LogP contribution >= 0.6 is 11.3 Å². The minimum absolute atomic E-state index is 0.0120. The van der Waals surface area contributed by atoms with Gasteiger partial charge in [-0.25, -0.2) is 4.98 Å². The number of ether oxygens (including phenoxy) is 1. The minimum atomic E-state index is -0.0120. The molecule has 0 aliphatic rings. The Bertz CT molecular complexity index is 1070. The number of amides is 1. The molecule has 34 heavy (non-hydrogen) atoms. The zero-order chi connectivity index (χ0) is 24.5. The highest BCUT2D eigenvalue weighted by molar-refractivity contribution is 7.13. The highest BCUT2D eigenvalue weighted by Gasteiger charge is 2.21. The Balaban J connectivity index is 1.87. The Morgan fingerprint density at radius 2 is 2.09 bits per heavy atom. The first kappa shape index (κ1) is 26.1. The molecule has 0 radical (unpaired) electrons. The van der Waals surface area contributed by atoms with Crippen LogP contribution in [0.15, 0.2) is 29.8 Å². The van der Waals surface area contributed by atoms with Crippen LogP contribution in [0.5, 0.6) is 0 Å². The molecule has 1 N–H and O–H groups in total. The number of nitrogens with one attached hydrogen (secondary N) is 1. The third-order valence-corrected chi connectivity index (χ3v) is 7.31. The number of unbranched alkanes of at least 4 members (excludes halogenated alkanes) is 1. The SMILES string of the molecule is CCCCC(CC)CNC(=O)c1cc(-c2csc(-c3ccnc(CC)c3)n2)n(CCOC)c1C. The molecule has 1 amide bonds. The van der Waals surface area contributed by atoms with E-state index >= 15 is 0 Å². The van der Waals surface area contributed by atoms with E-state index in [9.17, 15) is 4.79 Å². The van der Waals surface area contributed by atoms with Crippen LogP contribution in [-0.4, -0.2) is 40.7 Å². The van der Waals surface area contributed by atoms with Gasteiger partial charge in [0, 0.05) is 48.7 Å². The van der Waals surface area contributed by atoms with Crippen LogP contribution in [-0.2, 0) is 17.7 Å². The summed E-state index contributed by atoms with van der Waals surface area (Å²) in [4.78, 5) is 22.5. The smallest absolute Gasteiger partial charge is 0.253 e. The lowest BCUT2D eigenvalue weighted by Gasteiger charge is -2.15. The lowest BCUT2D eigenvalue weighted by molar-refractivity contribution is 0.0945. The summed E-state index contributed by atoms with van der Waals surface area (Å²) in [6.07, 6.45) is 7.35. The van der Waals surface area contributed by atoms with Crippen LogP contribution in [0.1, 0.15) is 68.2 Å². The second-order valence-electron chi connectivity index (χ2n) is 8.73. The summed E-state index contributed by atoms with van der Waals surface area (Å²) < 4.78 is 7.49. The van der Waals surface area contributed by atoms with Crippen molar-refractivity contribution in [3.63, 3.8) is 0 Å². The molecule has 3 aromatic rings. The maximum Gasteiger partial charge on any atom is 0.253 e. The Hall–Kier alpha value is -2.51. The topological polar surface area (TPSA) is 69.0 Å². The number of thiazole rings is 1. The Morgan fingerprint density at radius 1 is 1.26 bits per heavy atom. The van der Waals surface area contributed by atoms with E-state index < -0.39 is 0 Å². The van der Waals surface area contributed by atoms with Crippen molar-refractivity contribution >= 4 is 17.2 Å². The number of rotatable bonds is 13. The van der Waals surface area contributed by atoms with E-state index in [1.165, 1.54) is 12.8 Å². The average Bonchev–Trinajstić information content (AvgIpc) is 3.47. The lowest BCUT2D eigenvalue weighted by atomic mass is 9.99. The molecule has 0 aliphatic carbocycles. The van der Waals surface area contributed by atoms with E-state index in [0.717, 1.165) is 59.2 Å². The van der Waals surface area contributed by atoms with E-state index in [-0.39, 0.29) is 5.91 Å². The fraction of sp³-hybridized carbons (Fsp3) is 0.519. The number of nitrogens with zero attached hydrogens (tertiary/aromatic N) is 3. The first-order valence-corrected chi connectivity index (χ1v) is 13.3. The number of pyridine rings is 1. The maximum atomic E-state index is 13.1. The van der Waals surface area contributed by atoms with Gasteiger partial charge in [-0.15, -0.1) is 11.3 Å². The van der Waals surface area contributed by atoms with Crippen molar-refractivity contribution in [2.75, 3.05) is 20.3 Å². The first-order chi connectivity index (χ1) is 16.5. The summed E-state index contributed by atoms with van der Waals surface area (Å²) in [5, 5.41) is 6.21. The lowest BCUT2D eigenvalue weighted by Crippen LogP contribution is -2.29. The zero-order valence-electron chi connectivity index (χ0n) is 21.2. The quantitative estimate of drug-likeness (QED) is 0.318. The molecule has 1 unspecified atom stereocenters. The maximum absolute atomic E-state index is 13.1. The number of aromatic nitrogens is 3. The molecule has 3 rings (SSSR count). The molecule has 7 heteroatoms. The molecule has 0 aliphatic heterocycles. The normalized spacial score (nSPS) is 12.1. The number of carbonyl (C=O) groups excluding carboxylic acids is 1. The van der Waals surface area contributed by atoms with E-state index in [4.69, 9.17) is 9.72 Å². The van der Waals surface area contributed by atoms with Crippen molar-refractivity contribution in [3.05, 3.63) is 46.7 Å². The number of aryl methyl sites for hydroxylation is 1. The molecule has 3 aromatic heterocycles. The van der Waals surface area contributed by atoms with Gasteiger partial charge >= 0.3 is 0 Å². The summed E-state index contributed by atoms with van der Waals surface area (Å²) in [5.41, 5.74) is 5.61. The van der Waals surface area contributed by atoms with Crippen LogP contribution in [0.2, 0.25) is 0 Å². The summed E-state index contributed by atoms with van der Waals surface area (Å²) in [7, 11) is 1.70. The van der Waals surface area contributed by atoms with Gasteiger partial charge in [-0.1, -0.05) is 40.0 Å². The predicted molar refractivity (Wildman–Crippen MR) is 140 cm³/mol. The first-order valence-electron chi connectivity index (χ1n) is 12.4. The molecule has 1 atom stereocenters. The average molecular weight is 483 g/mol. The van der Waals surface area contributed by atoms with Gasteiger partial charge in [-0.3, -0.25) is 9.78 Å². The minimum Gasteiger partial charge on any atom is -0.383 e. The fourth-order valence-corrected chi connectivity index (χ4v) is 4.97. The zero-order valence-corrected chi connectivity index (χ0v) is 22.0. The van der Waals surface area contributed by atoms with Crippen LogP contribution in [0, 0.1) is 12.8 Å². The second-order valence-corrected chi connectivity index (χ2v) is 9.59. The molecule has 3 heterocycles. The van der Waals surface area contributed by atoms with Gasteiger partial charge in [-0.2, -0.15) is 0 Å². The molecular formula is C27H38N4O2S. The predicted octanol–water partition coefficient (Wildman–Crippen LogP) is 6.14. The standard InChI is InChI=1S/C27H38N4O2S/c1-6-9-10-20(7-2)17-29-26(32)23-16-25(31(19(23)4)13-14-33-5)24-18-34-27(30-24)21-11-12-28-22(8-3)15-21/h11-12,15-16,18,20H,6-10,13-14,17H2,1-5H3,(H,29,32). The van der Waals surface area contributed by atoms with Crippen LogP contribution in [0.4, 0.5) is 0 Å². The third-order valence-electron chi connectivity index (χ3n) is 6.42. The van der Waals surface area contributed by atoms with Crippen LogP contribution in [0.25, 0.3) is 22.0 Å². The van der Waals surface area contributed by atoms with E-state index in [2.05, 4.69) is 47.1 Å². The van der Waals surface area contributed by atoms with Crippen molar-refractivity contribution in [1.29, 1.82) is 0 Å². The van der Waals surface area contributed by atoms with Crippen molar-refractivity contribution in [2.45, 2.75) is 66.3 Å². The number of hydrogen-bond acceptors (Lipinski definition) is 5. The summed E-state index contributed by atoms with van der Waals surface area (Å²) in [6, 6.07) is 6.08. The molecule has 0 saturated carbocycles. The van der Waals surface area contributed by atoms with E-state index in [0.29, 0.717) is 24.6 Å². The van der Waals surface area contributed by atoms with Crippen LogP contribution < -0.4 is 5.32 Å². The van der Waals surface area contributed by atoms with Gasteiger partial charge in [0.2, 0.25) is 0 Å². The van der Waals surface area contributed by atoms with Crippen molar-refractivity contribution in [1.82, 2.24) is 19.9 Å². The van der Waals surface area contributed by atoms with E-state index in [1.54, 1.807) is 18.4 Å². The third kappa shape index (κ3) is 6.33. The monoisotopic (exact) mass is 482 g/mol. The summed E-state index contributed by atoms with van der Waals surface area (Å²) >= 11 is 1.61. The second kappa shape index (κ2) is 12.8. The van der Waals surface area contributed by atoms with Crippen molar-refractivity contribution in [2.24, 2.45) is 5.92 Å². The fourth-order valence-electron chi connectivity index (χ4n) is 4.16. The van der Waals surface area contributed by atoms with Gasteiger partial charge in [0.05, 0.1) is 23.6 Å². The number of carbonyl (C=O) groups is 1. The van der Waals surface area contributed by atoms with Crippen LogP contribution in [0.3, 0.4) is 0 Å². The Morgan fingerprint density at radius 3 is 2.79 bits per heavy atom. The number of hydrogen-bond donors (Lipinski definition) is 1. The highest BCUT2D eigenvalue weighted by Crippen LogP contribution is 2.31. The Kier molecular flexibility index (Phi) is 9.84. The molecule has 0 saturated heterocycles. The van der Waals surface area contributed by atoms with Gasteiger partial charge in [-0.05, 0) is 43.9 Å². The Labute approximate surface area is 207 Å². The highest BCUT2D eigenvalue weighted by atomic mass is 32.1. The molecular weight excluding hydrogens is 444 g/mol. The molecule has 0 aromatic carbocycles. The van der Waals surface area contributed by atoms with Crippen molar-refractivity contribution < 1.29 is 9.53 Å². The molecule has 184 valence electrons. The van der Waals surface area contributed by atoms with Gasteiger partial charge in [0.15, 0.2) is 0 Å². The van der Waals surface area contributed by atoms with E-state index in [1.807, 2.05) is 25.3 Å².